The highest BCUT2D eigenvalue weighted by Crippen LogP contribution is 2.66. The van der Waals surface area contributed by atoms with E-state index in [1.54, 1.807) is 0 Å². The molecule has 22 heavy (non-hydrogen) atoms. The quantitative estimate of drug-likeness (QED) is 0.741. The highest BCUT2D eigenvalue weighted by atomic mass is 32.2. The van der Waals surface area contributed by atoms with Crippen LogP contribution in [0.1, 0.15) is 43.4 Å². The van der Waals surface area contributed by atoms with Gasteiger partial charge in [-0.05, 0) is 55.6 Å². The monoisotopic (exact) mass is 331 g/mol. The van der Waals surface area contributed by atoms with E-state index in [1.165, 1.54) is 46.5 Å². The van der Waals surface area contributed by atoms with Gasteiger partial charge in [0.25, 0.3) is 0 Å². The first-order valence-corrected chi connectivity index (χ1v) is 10.3. The minimum absolute atomic E-state index is 0.152. The molecule has 2 unspecified atom stereocenters. The fourth-order valence-corrected chi connectivity index (χ4v) is 8.49. The molecular weight excluding hydrogens is 310 g/mol. The van der Waals surface area contributed by atoms with Crippen molar-refractivity contribution in [3.05, 3.63) is 35.5 Å². The summed E-state index contributed by atoms with van der Waals surface area (Å²) in [4.78, 5) is 3.73. The van der Waals surface area contributed by atoms with Crippen molar-refractivity contribution in [2.24, 2.45) is 5.92 Å². The van der Waals surface area contributed by atoms with Crippen LogP contribution in [0.4, 0.5) is 0 Å². The number of aromatic nitrogens is 1. The summed E-state index contributed by atoms with van der Waals surface area (Å²) in [5.74, 6) is 3.09. The molecule has 3 aliphatic rings. The van der Waals surface area contributed by atoms with Crippen molar-refractivity contribution >= 4 is 34.4 Å². The Bertz CT molecular complexity index is 734. The molecule has 2 nitrogen and oxygen atoms in total. The van der Waals surface area contributed by atoms with Crippen molar-refractivity contribution in [1.82, 2.24) is 4.98 Å². The van der Waals surface area contributed by atoms with Crippen LogP contribution in [0.3, 0.4) is 0 Å². The molecule has 1 saturated heterocycles. The SMILES string of the molecule is OC12CCCC(C1)C1(SCCCS1)c1[nH]c3ccccc3c12. The van der Waals surface area contributed by atoms with E-state index in [0.29, 0.717) is 5.92 Å². The molecule has 116 valence electrons. The lowest BCUT2D eigenvalue weighted by Crippen LogP contribution is -2.47. The first-order valence-electron chi connectivity index (χ1n) is 8.35. The third kappa shape index (κ3) is 1.69. The molecule has 1 aromatic carbocycles. The van der Waals surface area contributed by atoms with Gasteiger partial charge in [0.05, 0.1) is 5.60 Å². The maximum absolute atomic E-state index is 11.4. The Labute approximate surface area is 139 Å². The molecule has 2 heterocycles. The molecule has 2 aromatic rings. The standard InChI is InChI=1S/C18H21NOS2/c20-17-8-3-5-12(11-17)18(21-9-4-10-22-18)16-15(17)13-6-1-2-7-14(13)19-16/h1-2,6-7,12,19-20H,3-5,8-11H2. The smallest absolute Gasteiger partial charge is 0.104 e. The summed E-state index contributed by atoms with van der Waals surface area (Å²) >= 11 is 4.26. The van der Waals surface area contributed by atoms with Gasteiger partial charge in [-0.3, -0.25) is 0 Å². The van der Waals surface area contributed by atoms with Crippen LogP contribution in [0.25, 0.3) is 10.9 Å². The number of rotatable bonds is 0. The van der Waals surface area contributed by atoms with E-state index in [-0.39, 0.29) is 4.08 Å². The van der Waals surface area contributed by atoms with Gasteiger partial charge in [0.15, 0.2) is 0 Å². The Morgan fingerprint density at radius 1 is 1.14 bits per heavy atom. The summed E-state index contributed by atoms with van der Waals surface area (Å²) in [7, 11) is 0. The first-order chi connectivity index (χ1) is 10.7. The summed E-state index contributed by atoms with van der Waals surface area (Å²) in [6.07, 6.45) is 5.59. The third-order valence-corrected chi connectivity index (χ3v) is 9.33. The zero-order valence-corrected chi connectivity index (χ0v) is 14.2. The van der Waals surface area contributed by atoms with Crippen molar-refractivity contribution in [2.45, 2.75) is 41.8 Å². The lowest BCUT2D eigenvalue weighted by atomic mass is 9.67. The second-order valence-corrected chi connectivity index (χ2v) is 9.90. The summed E-state index contributed by atoms with van der Waals surface area (Å²) in [6.45, 7) is 0. The molecule has 1 saturated carbocycles. The number of nitrogens with one attached hydrogen (secondary N) is 1. The topological polar surface area (TPSA) is 36.0 Å². The molecule has 1 aromatic heterocycles. The average molecular weight is 332 g/mol. The zero-order chi connectivity index (χ0) is 14.8. The Kier molecular flexibility index (Phi) is 2.96. The highest BCUT2D eigenvalue weighted by Gasteiger charge is 2.56. The first kappa shape index (κ1) is 13.8. The fourth-order valence-electron chi connectivity index (χ4n) is 4.82. The van der Waals surface area contributed by atoms with Crippen LogP contribution in [0.15, 0.2) is 24.3 Å². The number of H-pyrrole nitrogens is 1. The van der Waals surface area contributed by atoms with Gasteiger partial charge in [-0.1, -0.05) is 18.2 Å². The molecule has 1 spiro atoms. The van der Waals surface area contributed by atoms with Gasteiger partial charge in [-0.15, -0.1) is 23.5 Å². The molecule has 1 aliphatic heterocycles. The number of aromatic amines is 1. The van der Waals surface area contributed by atoms with E-state index in [9.17, 15) is 5.11 Å². The minimum Gasteiger partial charge on any atom is -0.385 e. The van der Waals surface area contributed by atoms with Crippen LogP contribution in [0, 0.1) is 5.92 Å². The molecule has 4 heteroatoms. The van der Waals surface area contributed by atoms with Crippen LogP contribution < -0.4 is 0 Å². The van der Waals surface area contributed by atoms with E-state index in [0.717, 1.165) is 19.3 Å². The summed E-state index contributed by atoms with van der Waals surface area (Å²) in [5.41, 5.74) is 3.14. The number of benzene rings is 1. The number of para-hydroxylation sites is 1. The highest BCUT2D eigenvalue weighted by molar-refractivity contribution is 8.18. The van der Waals surface area contributed by atoms with E-state index >= 15 is 0 Å². The van der Waals surface area contributed by atoms with E-state index in [2.05, 4.69) is 52.8 Å². The van der Waals surface area contributed by atoms with E-state index in [4.69, 9.17) is 0 Å². The predicted octanol–water partition coefficient (Wildman–Crippen LogP) is 4.58. The molecule has 5 rings (SSSR count). The second kappa shape index (κ2) is 4.71. The van der Waals surface area contributed by atoms with Gasteiger partial charge in [0.2, 0.25) is 0 Å². The van der Waals surface area contributed by atoms with Gasteiger partial charge in [-0.2, -0.15) is 0 Å². The maximum atomic E-state index is 11.4. The average Bonchev–Trinajstić information content (AvgIpc) is 2.96. The lowest BCUT2D eigenvalue weighted by molar-refractivity contribution is -0.0330. The molecule has 2 N–H and O–H groups in total. The van der Waals surface area contributed by atoms with Crippen LogP contribution >= 0.6 is 23.5 Å². The van der Waals surface area contributed by atoms with Crippen molar-refractivity contribution in [2.75, 3.05) is 11.5 Å². The van der Waals surface area contributed by atoms with E-state index in [1.807, 2.05) is 0 Å². The molecule has 2 bridgehead atoms. The van der Waals surface area contributed by atoms with Crippen molar-refractivity contribution < 1.29 is 5.11 Å². The van der Waals surface area contributed by atoms with Gasteiger partial charge in [-0.25, -0.2) is 0 Å². The minimum atomic E-state index is -0.609. The normalized spacial score (nSPS) is 33.0. The van der Waals surface area contributed by atoms with E-state index < -0.39 is 5.60 Å². The van der Waals surface area contributed by atoms with Crippen molar-refractivity contribution in [3.8, 4) is 0 Å². The fraction of sp³-hybridized carbons (Fsp3) is 0.556. The van der Waals surface area contributed by atoms with Crippen LogP contribution in [-0.2, 0) is 9.68 Å². The Balaban J connectivity index is 1.83. The van der Waals surface area contributed by atoms with Crippen molar-refractivity contribution in [3.63, 3.8) is 0 Å². The number of aliphatic hydroxyl groups is 1. The molecule has 0 amide bonds. The molecule has 2 aliphatic carbocycles. The summed E-state index contributed by atoms with van der Waals surface area (Å²) in [5, 5.41) is 12.7. The number of fused-ring (bicyclic) bond motifs is 8. The van der Waals surface area contributed by atoms with Crippen LogP contribution in [0.5, 0.6) is 0 Å². The Morgan fingerprint density at radius 3 is 2.82 bits per heavy atom. The Morgan fingerprint density at radius 2 is 1.95 bits per heavy atom. The largest absolute Gasteiger partial charge is 0.385 e. The second-order valence-electron chi connectivity index (χ2n) is 6.96. The zero-order valence-electron chi connectivity index (χ0n) is 12.6. The number of hydrogen-bond acceptors (Lipinski definition) is 3. The number of hydrogen-bond donors (Lipinski definition) is 2. The summed E-state index contributed by atoms with van der Waals surface area (Å²) in [6, 6.07) is 8.53. The van der Waals surface area contributed by atoms with Gasteiger partial charge in [0, 0.05) is 22.2 Å². The van der Waals surface area contributed by atoms with Gasteiger partial charge >= 0.3 is 0 Å². The van der Waals surface area contributed by atoms with Gasteiger partial charge in [0.1, 0.15) is 4.08 Å². The molecular formula is C18H21NOS2. The molecule has 0 radical (unpaired) electrons. The van der Waals surface area contributed by atoms with Crippen LogP contribution in [0.2, 0.25) is 0 Å². The maximum Gasteiger partial charge on any atom is 0.104 e. The number of thioether (sulfide) groups is 2. The lowest BCUT2D eigenvalue weighted by Gasteiger charge is -2.53. The predicted molar refractivity (Wildman–Crippen MR) is 95.4 cm³/mol. The Hall–Kier alpha value is -0.580. The molecule has 2 atom stereocenters. The van der Waals surface area contributed by atoms with Crippen LogP contribution in [-0.4, -0.2) is 21.6 Å². The third-order valence-electron chi connectivity index (χ3n) is 5.71. The van der Waals surface area contributed by atoms with Crippen molar-refractivity contribution in [1.29, 1.82) is 0 Å². The van der Waals surface area contributed by atoms with Gasteiger partial charge < -0.3 is 10.1 Å². The molecule has 2 fully saturated rings. The summed E-state index contributed by atoms with van der Waals surface area (Å²) < 4.78 is 0.152.